The molecule has 0 radical (unpaired) electrons. The molecule has 1 N–H and O–H groups in total. The molecule has 9 heteroatoms. The summed E-state index contributed by atoms with van der Waals surface area (Å²) in [5.41, 5.74) is 0.761. The van der Waals surface area contributed by atoms with Gasteiger partial charge in [-0.05, 0) is 36.0 Å². The molecule has 1 aromatic heterocycles. The number of allylic oxidation sites excluding steroid dienone is 3. The predicted octanol–water partition coefficient (Wildman–Crippen LogP) is 5.59. The van der Waals surface area contributed by atoms with Crippen LogP contribution in [0, 0.1) is 5.41 Å². The number of carbonyl (C=O) groups is 1. The van der Waals surface area contributed by atoms with Crippen LogP contribution in [-0.4, -0.2) is 27.9 Å². The lowest BCUT2D eigenvalue weighted by Crippen LogP contribution is -2.52. The summed E-state index contributed by atoms with van der Waals surface area (Å²) in [5.74, 6) is -0.133. The van der Waals surface area contributed by atoms with E-state index in [-0.39, 0.29) is 29.6 Å². The van der Waals surface area contributed by atoms with Crippen molar-refractivity contribution in [2.45, 2.75) is 57.8 Å². The highest BCUT2D eigenvalue weighted by Gasteiger charge is 2.57. The molecule has 1 aliphatic carbocycles. The molecule has 2 aromatic rings. The maximum atomic E-state index is 14.2. The first kappa shape index (κ1) is 22.6. The van der Waals surface area contributed by atoms with E-state index in [4.69, 9.17) is 0 Å². The third-order valence-corrected chi connectivity index (χ3v) is 7.15. The lowest BCUT2D eigenvalue weighted by Gasteiger charge is -2.48. The molecule has 5 rings (SSSR count). The van der Waals surface area contributed by atoms with Gasteiger partial charge < -0.3 is 5.32 Å². The van der Waals surface area contributed by atoms with Crippen LogP contribution in [0.2, 0.25) is 0 Å². The number of rotatable bonds is 3. The van der Waals surface area contributed by atoms with Crippen molar-refractivity contribution in [1.82, 2.24) is 15.1 Å². The summed E-state index contributed by atoms with van der Waals surface area (Å²) >= 11 is 0. The summed E-state index contributed by atoms with van der Waals surface area (Å²) in [4.78, 5) is 13.6. The number of aryl methyl sites for hydroxylation is 1. The molecule has 0 bridgehead atoms. The molecule has 6 nitrogen and oxygen atoms in total. The molecule has 3 aliphatic rings. The molecular weight excluding hydrogens is 443 g/mol. The van der Waals surface area contributed by atoms with Crippen molar-refractivity contribution in [2.75, 3.05) is 0 Å². The second kappa shape index (κ2) is 7.38. The molecule has 2 atom stereocenters. The van der Waals surface area contributed by atoms with Gasteiger partial charge in [-0.25, -0.2) is 0 Å². The van der Waals surface area contributed by atoms with Gasteiger partial charge in [0.2, 0.25) is 0 Å². The predicted molar refractivity (Wildman–Crippen MR) is 121 cm³/mol. The SMILES string of the molecule is CC[C@@]1(c2cccc(-c3ccnn3C)c2)C2=C(CC(C)(C)CC2=O)NC2N=NC(C(F)(F)F)=C21. The molecule has 1 unspecified atom stereocenters. The number of halogens is 3. The van der Waals surface area contributed by atoms with Crippen LogP contribution in [0.3, 0.4) is 0 Å². The Balaban J connectivity index is 1.83. The fourth-order valence-corrected chi connectivity index (χ4v) is 5.81. The van der Waals surface area contributed by atoms with Gasteiger partial charge in [0.15, 0.2) is 17.6 Å². The van der Waals surface area contributed by atoms with Crippen LogP contribution in [0.15, 0.2) is 69.3 Å². The molecule has 0 saturated carbocycles. The number of alkyl halides is 3. The van der Waals surface area contributed by atoms with Gasteiger partial charge in [-0.15, -0.1) is 5.11 Å². The number of hydrogen-bond acceptors (Lipinski definition) is 5. The fraction of sp³-hybridized carbons (Fsp3) is 0.440. The van der Waals surface area contributed by atoms with E-state index in [0.29, 0.717) is 23.3 Å². The van der Waals surface area contributed by atoms with Gasteiger partial charge in [0, 0.05) is 42.1 Å². The largest absolute Gasteiger partial charge is 0.435 e. The topological polar surface area (TPSA) is 71.6 Å². The minimum absolute atomic E-state index is 0.0106. The number of nitrogens with zero attached hydrogens (tertiary/aromatic N) is 4. The Labute approximate surface area is 195 Å². The van der Waals surface area contributed by atoms with Crippen molar-refractivity contribution in [3.63, 3.8) is 0 Å². The lowest BCUT2D eigenvalue weighted by atomic mass is 9.58. The van der Waals surface area contributed by atoms with Crippen molar-refractivity contribution in [2.24, 2.45) is 22.7 Å². The average molecular weight is 470 g/mol. The van der Waals surface area contributed by atoms with Crippen molar-refractivity contribution in [3.8, 4) is 11.3 Å². The molecule has 34 heavy (non-hydrogen) atoms. The maximum Gasteiger partial charge on any atom is 0.435 e. The monoisotopic (exact) mass is 469 g/mol. The zero-order valence-electron chi connectivity index (χ0n) is 19.5. The second-order valence-corrected chi connectivity index (χ2v) is 10.00. The van der Waals surface area contributed by atoms with Gasteiger partial charge in [0.1, 0.15) is 0 Å². The lowest BCUT2D eigenvalue weighted by molar-refractivity contribution is -0.119. The van der Waals surface area contributed by atoms with E-state index in [2.05, 4.69) is 20.6 Å². The summed E-state index contributed by atoms with van der Waals surface area (Å²) < 4.78 is 44.2. The van der Waals surface area contributed by atoms with Gasteiger partial charge >= 0.3 is 6.18 Å². The van der Waals surface area contributed by atoms with E-state index >= 15 is 0 Å². The molecule has 2 aliphatic heterocycles. The number of Topliss-reactive ketones (excluding diaryl/α,β-unsaturated/α-hetero) is 1. The highest BCUT2D eigenvalue weighted by molar-refractivity contribution is 6.01. The number of fused-ring (bicyclic) bond motifs is 1. The van der Waals surface area contributed by atoms with Gasteiger partial charge in [0.05, 0.1) is 11.1 Å². The Bertz CT molecular complexity index is 1280. The number of aromatic nitrogens is 2. The van der Waals surface area contributed by atoms with Crippen LogP contribution in [0.5, 0.6) is 0 Å². The van der Waals surface area contributed by atoms with E-state index in [1.807, 2.05) is 58.2 Å². The minimum atomic E-state index is -4.69. The van der Waals surface area contributed by atoms with E-state index in [0.717, 1.165) is 11.3 Å². The minimum Gasteiger partial charge on any atom is -0.362 e. The van der Waals surface area contributed by atoms with Crippen LogP contribution in [0.4, 0.5) is 13.2 Å². The molecular formula is C25H26F3N5O. The second-order valence-electron chi connectivity index (χ2n) is 10.00. The first-order chi connectivity index (χ1) is 16.0. The van der Waals surface area contributed by atoms with Crippen LogP contribution in [0.1, 0.15) is 45.6 Å². The Hall–Kier alpha value is -3.23. The maximum absolute atomic E-state index is 14.2. The van der Waals surface area contributed by atoms with Crippen LogP contribution < -0.4 is 5.32 Å². The van der Waals surface area contributed by atoms with E-state index < -0.39 is 23.5 Å². The van der Waals surface area contributed by atoms with Crippen LogP contribution >= 0.6 is 0 Å². The standard InChI is InChI=1S/C25H26F3N5O/c1-5-24(15-8-6-7-14(11-15)17-9-10-29-33(17)4)19-16(12-23(2,3)13-18(19)34)30-22-20(24)21(31-32-22)25(26,27)28/h6-11,22,30H,5,12-13H2,1-4H3/t22?,24-/m1/s1. The number of carbonyl (C=O) groups excluding carboxylic acids is 1. The van der Waals surface area contributed by atoms with Crippen molar-refractivity contribution >= 4 is 5.78 Å². The Morgan fingerprint density at radius 2 is 1.97 bits per heavy atom. The van der Waals surface area contributed by atoms with E-state index in [1.54, 1.807) is 10.9 Å². The Morgan fingerprint density at radius 1 is 1.21 bits per heavy atom. The van der Waals surface area contributed by atoms with E-state index in [9.17, 15) is 18.0 Å². The van der Waals surface area contributed by atoms with Crippen molar-refractivity contribution in [3.05, 3.63) is 64.6 Å². The molecule has 0 saturated heterocycles. The molecule has 0 fully saturated rings. The Kier molecular flexibility index (Phi) is 4.90. The fourth-order valence-electron chi connectivity index (χ4n) is 5.81. The zero-order chi connectivity index (χ0) is 24.5. The van der Waals surface area contributed by atoms with Crippen molar-refractivity contribution in [1.29, 1.82) is 0 Å². The first-order valence-electron chi connectivity index (χ1n) is 11.3. The summed E-state index contributed by atoms with van der Waals surface area (Å²) in [5, 5.41) is 14.9. The highest BCUT2D eigenvalue weighted by Crippen LogP contribution is 2.56. The molecule has 1 aromatic carbocycles. The zero-order valence-corrected chi connectivity index (χ0v) is 19.5. The van der Waals surface area contributed by atoms with Gasteiger partial charge in [-0.1, -0.05) is 39.0 Å². The summed E-state index contributed by atoms with van der Waals surface area (Å²) in [7, 11) is 1.81. The number of ketones is 1. The molecule has 3 heterocycles. The molecule has 178 valence electrons. The van der Waals surface area contributed by atoms with E-state index in [1.165, 1.54) is 0 Å². The van der Waals surface area contributed by atoms with Crippen LogP contribution in [0.25, 0.3) is 11.3 Å². The summed E-state index contributed by atoms with van der Waals surface area (Å²) in [6.07, 6.45) is -2.89. The smallest absolute Gasteiger partial charge is 0.362 e. The highest BCUT2D eigenvalue weighted by atomic mass is 19.4. The first-order valence-corrected chi connectivity index (χ1v) is 11.3. The van der Waals surface area contributed by atoms with Gasteiger partial charge in [-0.2, -0.15) is 23.4 Å². The van der Waals surface area contributed by atoms with Gasteiger partial charge in [0.25, 0.3) is 0 Å². The number of nitrogens with one attached hydrogen (secondary N) is 1. The van der Waals surface area contributed by atoms with Crippen LogP contribution in [-0.2, 0) is 17.3 Å². The summed E-state index contributed by atoms with van der Waals surface area (Å²) in [6.45, 7) is 5.82. The number of hydrogen-bond donors (Lipinski definition) is 1. The normalized spacial score (nSPS) is 26.0. The third kappa shape index (κ3) is 3.24. The van der Waals surface area contributed by atoms with Gasteiger partial charge in [-0.3, -0.25) is 9.48 Å². The molecule has 0 spiro atoms. The molecule has 0 amide bonds. The summed E-state index contributed by atoms with van der Waals surface area (Å²) in [6, 6.07) is 9.25. The Morgan fingerprint density at radius 3 is 2.62 bits per heavy atom. The quantitative estimate of drug-likeness (QED) is 0.637. The number of azo groups is 1. The average Bonchev–Trinajstić information content (AvgIpc) is 3.37. The third-order valence-electron chi connectivity index (χ3n) is 7.15. The van der Waals surface area contributed by atoms with Crippen molar-refractivity contribution < 1.29 is 18.0 Å². The number of benzene rings is 1.